The van der Waals surface area contributed by atoms with Gasteiger partial charge in [-0.2, -0.15) is 0 Å². The minimum atomic E-state index is -4.96. The van der Waals surface area contributed by atoms with E-state index in [0.29, 0.717) is 27.7 Å². The van der Waals surface area contributed by atoms with Crippen molar-refractivity contribution in [3.05, 3.63) is 119 Å². The van der Waals surface area contributed by atoms with Gasteiger partial charge in [0.2, 0.25) is 17.7 Å². The van der Waals surface area contributed by atoms with Crippen LogP contribution in [0, 0.1) is 5.92 Å². The normalized spacial score (nSPS) is 18.0. The number of phosphoric acid groups is 1. The molecule has 19 nitrogen and oxygen atoms in total. The first-order chi connectivity index (χ1) is 34.4. The standard InChI is InChI=1S/C51H56ClN6O13P/c1-28(2)46(53)48(61)54-29(3)47(60)55-34-17-15-30(16-18-34)27-70-51(64)58-38-22-43(42(68-4)21-37(38)49(62)57-25-32-11-6-5-10-31(32)20-40(57)50(58)63)69-19-9-14-44(59)56-26-33(24-52)45-36-13-8-7-12-35(36)41(23-39(45)56)71-72(65,66)67/h5-8,10-13,15-18,21-23,28-29,33,40,46,50,63H,9,14,19-20,24-27,53H2,1-4H3,(H,54,61)(H,55,60)(H2,65,66,67)/t29-,33+,40-,46-,50?/m0/s1. The number of fused-ring (bicyclic) bond motifs is 6. The molecule has 5 aromatic carbocycles. The molecule has 5 amide bonds. The number of amides is 5. The molecule has 21 heteroatoms. The van der Waals surface area contributed by atoms with E-state index in [1.54, 1.807) is 69.3 Å². The lowest BCUT2D eigenvalue weighted by Gasteiger charge is -2.39. The zero-order valence-corrected chi connectivity index (χ0v) is 41.6. The molecule has 5 aromatic rings. The Morgan fingerprint density at radius 3 is 2.25 bits per heavy atom. The molecule has 0 aromatic heterocycles. The molecule has 1 unspecified atom stereocenters. The SMILES string of the molecule is COc1cc2c(cc1OCCCC(=O)N1C[C@@H](CCl)c3c1cc(OP(=O)(O)O)c1ccccc31)N(C(=O)OCc1ccc(NC(=O)[C@H](C)NC(=O)[C@@H](N)C(C)C)cc1)C(O)[C@@H]1Cc3ccccc3CN1C2=O. The van der Waals surface area contributed by atoms with Crippen LogP contribution in [0.1, 0.15) is 72.1 Å². The Balaban J connectivity index is 0.997. The Morgan fingerprint density at radius 1 is 0.889 bits per heavy atom. The zero-order valence-electron chi connectivity index (χ0n) is 39.9. The summed E-state index contributed by atoms with van der Waals surface area (Å²) in [6, 6.07) is 22.8. The maximum absolute atomic E-state index is 14.6. The van der Waals surface area contributed by atoms with Crippen molar-refractivity contribution in [3.8, 4) is 17.2 Å². The predicted octanol–water partition coefficient (Wildman–Crippen LogP) is 6.32. The second-order valence-electron chi connectivity index (χ2n) is 18.3. The van der Waals surface area contributed by atoms with Crippen molar-refractivity contribution < 1.29 is 62.2 Å². The fraction of sp³-hybridized carbons (Fsp3) is 0.353. The molecule has 0 spiro atoms. The smallest absolute Gasteiger partial charge is 0.493 e. The largest absolute Gasteiger partial charge is 0.524 e. The van der Waals surface area contributed by atoms with Crippen LogP contribution in [0.25, 0.3) is 10.8 Å². The summed E-state index contributed by atoms with van der Waals surface area (Å²) in [4.78, 5) is 91.6. The van der Waals surface area contributed by atoms with Crippen LogP contribution in [-0.2, 0) is 43.3 Å². The third kappa shape index (κ3) is 10.9. The molecule has 0 fully saturated rings. The molecule has 0 bridgehead atoms. The van der Waals surface area contributed by atoms with Crippen LogP contribution in [0.5, 0.6) is 17.2 Å². The number of phosphoric ester groups is 1. The second-order valence-corrected chi connectivity index (χ2v) is 19.7. The monoisotopic (exact) mass is 1030 g/mol. The fourth-order valence-corrected chi connectivity index (χ4v) is 9.91. The number of methoxy groups -OCH3 is 1. The van der Waals surface area contributed by atoms with E-state index in [-0.39, 0.29) is 97.7 Å². The number of nitrogens with two attached hydrogens (primary N) is 1. The summed E-state index contributed by atoms with van der Waals surface area (Å²) in [7, 11) is -3.56. The molecule has 3 heterocycles. The van der Waals surface area contributed by atoms with Crippen molar-refractivity contribution in [3.63, 3.8) is 0 Å². The highest BCUT2D eigenvalue weighted by Gasteiger charge is 2.45. The van der Waals surface area contributed by atoms with Gasteiger partial charge in [0.1, 0.15) is 18.4 Å². The van der Waals surface area contributed by atoms with Gasteiger partial charge >= 0.3 is 13.9 Å². The van der Waals surface area contributed by atoms with E-state index < -0.39 is 56.0 Å². The summed E-state index contributed by atoms with van der Waals surface area (Å²) < 4.78 is 34.8. The number of rotatable bonds is 16. The molecule has 380 valence electrons. The van der Waals surface area contributed by atoms with Crippen LogP contribution >= 0.6 is 19.4 Å². The Kier molecular flexibility index (Phi) is 15.4. The van der Waals surface area contributed by atoms with Crippen LogP contribution in [0.4, 0.5) is 21.9 Å². The number of nitrogens with one attached hydrogen (secondary N) is 2. The van der Waals surface area contributed by atoms with Crippen LogP contribution < -0.4 is 40.2 Å². The van der Waals surface area contributed by atoms with Crippen LogP contribution in [-0.4, -0.2) is 100 Å². The van der Waals surface area contributed by atoms with Gasteiger partial charge in [0.25, 0.3) is 5.91 Å². The zero-order chi connectivity index (χ0) is 51.6. The van der Waals surface area contributed by atoms with Gasteiger partial charge in [-0.3, -0.25) is 29.0 Å². The number of hydrogen-bond acceptors (Lipinski definition) is 12. The summed E-state index contributed by atoms with van der Waals surface area (Å²) in [5.74, 6) is -1.70. The van der Waals surface area contributed by atoms with Crippen molar-refractivity contribution >= 4 is 77.0 Å². The second kappa shape index (κ2) is 21.5. The third-order valence-corrected chi connectivity index (χ3v) is 13.9. The molecule has 72 heavy (non-hydrogen) atoms. The minimum absolute atomic E-state index is 0.00204. The quantitative estimate of drug-likeness (QED) is 0.0359. The lowest BCUT2D eigenvalue weighted by molar-refractivity contribution is -0.127. The maximum atomic E-state index is 14.6. The number of carbonyl (C=O) groups excluding carboxylic acids is 5. The van der Waals surface area contributed by atoms with E-state index in [1.165, 1.54) is 35.1 Å². The van der Waals surface area contributed by atoms with Crippen LogP contribution in [0.3, 0.4) is 0 Å². The highest BCUT2D eigenvalue weighted by Crippen LogP contribution is 2.49. The molecule has 0 saturated carbocycles. The maximum Gasteiger partial charge on any atom is 0.524 e. The van der Waals surface area contributed by atoms with Gasteiger partial charge in [-0.1, -0.05) is 74.5 Å². The average Bonchev–Trinajstić information content (AvgIpc) is 3.71. The van der Waals surface area contributed by atoms with Crippen molar-refractivity contribution in [2.45, 2.75) is 83.5 Å². The number of carbonyl (C=O) groups is 5. The molecule has 3 aliphatic rings. The lowest BCUT2D eigenvalue weighted by atomic mass is 9.93. The Morgan fingerprint density at radius 2 is 1.57 bits per heavy atom. The van der Waals surface area contributed by atoms with E-state index in [9.17, 15) is 43.4 Å². The number of ether oxygens (including phenoxy) is 3. The Hall–Kier alpha value is -6.73. The van der Waals surface area contributed by atoms with Gasteiger partial charge in [-0.05, 0) is 71.5 Å². The number of halogens is 1. The van der Waals surface area contributed by atoms with Crippen molar-refractivity contribution in [2.75, 3.05) is 41.3 Å². The molecule has 7 N–H and O–H groups in total. The summed E-state index contributed by atoms with van der Waals surface area (Å²) in [6.07, 6.45) is -2.16. The number of nitrogens with zero attached hydrogens (tertiary/aromatic N) is 3. The van der Waals surface area contributed by atoms with Gasteiger partial charge in [0.15, 0.2) is 17.7 Å². The highest BCUT2D eigenvalue weighted by molar-refractivity contribution is 7.46. The van der Waals surface area contributed by atoms with E-state index in [1.807, 2.05) is 24.3 Å². The summed E-state index contributed by atoms with van der Waals surface area (Å²) in [5, 5.41) is 18.7. The Labute approximate surface area is 420 Å². The number of anilines is 3. The van der Waals surface area contributed by atoms with Gasteiger partial charge in [0, 0.05) is 54.5 Å². The average molecular weight is 1030 g/mol. The van der Waals surface area contributed by atoms with Gasteiger partial charge in [0.05, 0.1) is 42.7 Å². The molecule has 0 saturated heterocycles. The van der Waals surface area contributed by atoms with Crippen molar-refractivity contribution in [1.29, 1.82) is 0 Å². The minimum Gasteiger partial charge on any atom is -0.493 e. The number of hydrogen-bond donors (Lipinski definition) is 6. The molecule has 0 radical (unpaired) electrons. The number of alkyl halides is 1. The van der Waals surface area contributed by atoms with E-state index in [2.05, 4.69) is 10.6 Å². The summed E-state index contributed by atoms with van der Waals surface area (Å²) >= 11 is 6.42. The molecule has 0 aliphatic carbocycles. The fourth-order valence-electron chi connectivity index (χ4n) is 9.25. The number of aliphatic hydroxyl groups is 1. The topological polar surface area (TPSA) is 260 Å². The summed E-state index contributed by atoms with van der Waals surface area (Å²) in [6.45, 7) is 5.25. The van der Waals surface area contributed by atoms with E-state index in [0.717, 1.165) is 21.6 Å². The van der Waals surface area contributed by atoms with Crippen LogP contribution in [0.2, 0.25) is 0 Å². The highest BCUT2D eigenvalue weighted by atomic mass is 35.5. The van der Waals surface area contributed by atoms with Gasteiger partial charge in [-0.25, -0.2) is 14.3 Å². The summed E-state index contributed by atoms with van der Waals surface area (Å²) in [5.41, 5.74) is 9.90. The first kappa shape index (κ1) is 51.6. The van der Waals surface area contributed by atoms with Crippen LogP contribution in [0.15, 0.2) is 91.0 Å². The third-order valence-electron chi connectivity index (χ3n) is 13.1. The molecular formula is C51H56ClN6O13P. The molecule has 3 aliphatic heterocycles. The van der Waals surface area contributed by atoms with Gasteiger partial charge < -0.3 is 50.0 Å². The molecular weight excluding hydrogens is 971 g/mol. The molecule has 5 atom stereocenters. The number of benzene rings is 5. The first-order valence-corrected chi connectivity index (χ1v) is 25.4. The van der Waals surface area contributed by atoms with Gasteiger partial charge in [-0.15, -0.1) is 11.6 Å². The molecule has 8 rings (SSSR count). The van der Waals surface area contributed by atoms with E-state index >= 15 is 0 Å². The van der Waals surface area contributed by atoms with Crippen molar-refractivity contribution in [1.82, 2.24) is 10.2 Å². The first-order valence-electron chi connectivity index (χ1n) is 23.4. The Bertz CT molecular complexity index is 2950. The number of aliphatic hydroxyl groups excluding tert-OH is 1. The lowest BCUT2D eigenvalue weighted by Crippen LogP contribution is -2.55. The van der Waals surface area contributed by atoms with E-state index in [4.69, 9.17) is 36.1 Å². The van der Waals surface area contributed by atoms with Crippen molar-refractivity contribution in [2.24, 2.45) is 11.7 Å². The predicted molar refractivity (Wildman–Crippen MR) is 268 cm³/mol.